The van der Waals surface area contributed by atoms with Gasteiger partial charge in [0.2, 0.25) is 0 Å². The van der Waals surface area contributed by atoms with Gasteiger partial charge in [0.15, 0.2) is 5.78 Å². The monoisotopic (exact) mass is 412 g/mol. The van der Waals surface area contributed by atoms with Crippen LogP contribution in [0.5, 0.6) is 5.75 Å². The molecule has 3 rings (SSSR count). The van der Waals surface area contributed by atoms with Crippen molar-refractivity contribution in [2.24, 2.45) is 0 Å². The Morgan fingerprint density at radius 1 is 1.13 bits per heavy atom. The Morgan fingerprint density at radius 3 is 2.57 bits per heavy atom. The number of methoxy groups -OCH3 is 2. The van der Waals surface area contributed by atoms with Crippen molar-refractivity contribution in [3.63, 3.8) is 0 Å². The van der Waals surface area contributed by atoms with Gasteiger partial charge in [-0.2, -0.15) is 0 Å². The van der Waals surface area contributed by atoms with E-state index < -0.39 is 16.7 Å². The normalized spacial score (nSPS) is 10.8. The van der Waals surface area contributed by atoms with Crippen LogP contribution in [0.15, 0.2) is 36.4 Å². The van der Waals surface area contributed by atoms with Crippen LogP contribution in [0.25, 0.3) is 10.9 Å². The number of nitrogens with one attached hydrogen (secondary N) is 1. The van der Waals surface area contributed by atoms with Gasteiger partial charge in [-0.25, -0.2) is 4.79 Å². The Bertz CT molecular complexity index is 1130. The number of aromatic nitrogens is 1. The highest BCUT2D eigenvalue weighted by atomic mass is 16.6. The molecule has 0 amide bonds. The smallest absolute Gasteiger partial charge is 0.355 e. The van der Waals surface area contributed by atoms with Gasteiger partial charge in [0.05, 0.1) is 29.7 Å². The van der Waals surface area contributed by atoms with Crippen LogP contribution in [0.4, 0.5) is 5.69 Å². The second-order valence-corrected chi connectivity index (χ2v) is 6.45. The molecule has 0 atom stereocenters. The van der Waals surface area contributed by atoms with Crippen molar-refractivity contribution in [1.29, 1.82) is 0 Å². The Labute approximate surface area is 171 Å². The number of benzene rings is 2. The Hall–Kier alpha value is -3.72. The van der Waals surface area contributed by atoms with Crippen LogP contribution < -0.4 is 4.74 Å². The number of ether oxygens (including phenoxy) is 3. The number of aromatic amines is 1. The summed E-state index contributed by atoms with van der Waals surface area (Å²) < 4.78 is 15.3. The molecule has 0 radical (unpaired) electrons. The van der Waals surface area contributed by atoms with Gasteiger partial charge in [-0.3, -0.25) is 14.9 Å². The first-order valence-electron chi connectivity index (χ1n) is 9.03. The molecule has 1 aromatic heterocycles. The van der Waals surface area contributed by atoms with E-state index in [-0.39, 0.29) is 28.1 Å². The SMILES string of the molecule is COCCOc1ccc2c(C(=O)c3cccc([N+](=O)[O-])c3C)c(C(=O)OC)[nH]c2c1. The number of fused-ring (bicyclic) bond motifs is 1. The third-order valence-electron chi connectivity index (χ3n) is 4.69. The van der Waals surface area contributed by atoms with Crippen molar-refractivity contribution >= 4 is 28.3 Å². The zero-order chi connectivity index (χ0) is 21.8. The summed E-state index contributed by atoms with van der Waals surface area (Å²) in [5.74, 6) is -0.710. The third-order valence-corrected chi connectivity index (χ3v) is 4.69. The molecule has 156 valence electrons. The summed E-state index contributed by atoms with van der Waals surface area (Å²) in [5.41, 5.74) is 0.736. The molecule has 0 saturated carbocycles. The van der Waals surface area contributed by atoms with E-state index in [1.165, 1.54) is 32.2 Å². The van der Waals surface area contributed by atoms with Crippen LogP contribution >= 0.6 is 0 Å². The lowest BCUT2D eigenvalue weighted by molar-refractivity contribution is -0.385. The van der Waals surface area contributed by atoms with E-state index in [4.69, 9.17) is 14.2 Å². The lowest BCUT2D eigenvalue weighted by Crippen LogP contribution is -2.12. The number of hydrogen-bond donors (Lipinski definition) is 1. The molecule has 1 N–H and O–H groups in total. The lowest BCUT2D eigenvalue weighted by atomic mass is 9.96. The minimum absolute atomic E-state index is 0.0301. The van der Waals surface area contributed by atoms with Crippen molar-refractivity contribution in [3.05, 3.63) is 68.9 Å². The molecule has 0 aliphatic rings. The van der Waals surface area contributed by atoms with Crippen LogP contribution in [0.1, 0.15) is 32.0 Å². The quantitative estimate of drug-likeness (QED) is 0.198. The second-order valence-electron chi connectivity index (χ2n) is 6.45. The van der Waals surface area contributed by atoms with Gasteiger partial charge in [0, 0.05) is 35.8 Å². The molecule has 0 spiro atoms. The van der Waals surface area contributed by atoms with Gasteiger partial charge in [-0.15, -0.1) is 0 Å². The van der Waals surface area contributed by atoms with Crippen LogP contribution in [-0.4, -0.2) is 49.1 Å². The number of carbonyl (C=O) groups is 2. The van der Waals surface area contributed by atoms with Gasteiger partial charge in [-0.1, -0.05) is 12.1 Å². The van der Waals surface area contributed by atoms with Crippen molar-refractivity contribution in [2.75, 3.05) is 27.4 Å². The number of hydrogen-bond acceptors (Lipinski definition) is 7. The van der Waals surface area contributed by atoms with E-state index >= 15 is 0 Å². The van der Waals surface area contributed by atoms with Crippen LogP contribution in [-0.2, 0) is 9.47 Å². The highest BCUT2D eigenvalue weighted by Crippen LogP contribution is 2.31. The van der Waals surface area contributed by atoms with Crippen LogP contribution in [0.2, 0.25) is 0 Å². The first-order valence-corrected chi connectivity index (χ1v) is 9.03. The predicted molar refractivity (Wildman–Crippen MR) is 108 cm³/mol. The van der Waals surface area contributed by atoms with Crippen LogP contribution in [0, 0.1) is 17.0 Å². The standard InChI is InChI=1S/C21H20N2O7/c1-12-14(5-4-6-17(12)23(26)27)20(24)18-15-8-7-13(30-10-9-28-2)11-16(15)22-19(18)21(25)29-3/h4-8,11,22H,9-10H2,1-3H3. The first kappa shape index (κ1) is 21.0. The molecule has 0 fully saturated rings. The molecule has 0 saturated heterocycles. The van der Waals surface area contributed by atoms with Crippen molar-refractivity contribution in [1.82, 2.24) is 4.98 Å². The Kier molecular flexibility index (Phi) is 6.12. The molecule has 0 aliphatic carbocycles. The third kappa shape index (κ3) is 3.87. The summed E-state index contributed by atoms with van der Waals surface area (Å²) in [7, 11) is 2.77. The van der Waals surface area contributed by atoms with E-state index in [1.54, 1.807) is 25.3 Å². The predicted octanol–water partition coefficient (Wildman–Crippen LogP) is 3.43. The molecule has 0 aliphatic heterocycles. The lowest BCUT2D eigenvalue weighted by Gasteiger charge is -2.07. The largest absolute Gasteiger partial charge is 0.491 e. The van der Waals surface area contributed by atoms with E-state index in [2.05, 4.69) is 4.98 Å². The highest BCUT2D eigenvalue weighted by molar-refractivity contribution is 6.22. The number of esters is 1. The maximum Gasteiger partial charge on any atom is 0.355 e. The fourth-order valence-electron chi connectivity index (χ4n) is 3.20. The Balaban J connectivity index is 2.14. The van der Waals surface area contributed by atoms with Gasteiger partial charge in [0.1, 0.15) is 18.1 Å². The summed E-state index contributed by atoms with van der Waals surface area (Å²) in [4.78, 5) is 39.3. The van der Waals surface area contributed by atoms with E-state index in [0.29, 0.717) is 29.9 Å². The average molecular weight is 412 g/mol. The molecule has 2 aromatic carbocycles. The molecule has 1 heterocycles. The molecule has 0 bridgehead atoms. The number of H-pyrrole nitrogens is 1. The number of rotatable bonds is 8. The number of nitro benzene ring substituents is 1. The Morgan fingerprint density at radius 2 is 1.90 bits per heavy atom. The van der Waals surface area contributed by atoms with E-state index in [9.17, 15) is 19.7 Å². The molecule has 3 aromatic rings. The average Bonchev–Trinajstić information content (AvgIpc) is 3.11. The zero-order valence-corrected chi connectivity index (χ0v) is 16.7. The fourth-order valence-corrected chi connectivity index (χ4v) is 3.20. The maximum absolute atomic E-state index is 13.4. The van der Waals surface area contributed by atoms with Crippen molar-refractivity contribution in [2.45, 2.75) is 6.92 Å². The molecule has 0 unspecified atom stereocenters. The van der Waals surface area contributed by atoms with Crippen molar-refractivity contribution < 1.29 is 28.7 Å². The number of ketones is 1. The van der Waals surface area contributed by atoms with Gasteiger partial charge in [-0.05, 0) is 19.1 Å². The number of nitrogens with zero attached hydrogens (tertiary/aromatic N) is 1. The zero-order valence-electron chi connectivity index (χ0n) is 16.7. The molecular weight excluding hydrogens is 392 g/mol. The molecular formula is C21H20N2O7. The maximum atomic E-state index is 13.4. The summed E-state index contributed by atoms with van der Waals surface area (Å²) in [6.45, 7) is 2.25. The second kappa shape index (κ2) is 8.75. The van der Waals surface area contributed by atoms with Crippen molar-refractivity contribution in [3.8, 4) is 5.75 Å². The topological polar surface area (TPSA) is 121 Å². The number of nitro groups is 1. The molecule has 30 heavy (non-hydrogen) atoms. The van der Waals surface area contributed by atoms with Crippen LogP contribution in [0.3, 0.4) is 0 Å². The minimum Gasteiger partial charge on any atom is -0.491 e. The van der Waals surface area contributed by atoms with Gasteiger partial charge < -0.3 is 19.2 Å². The summed E-state index contributed by atoms with van der Waals surface area (Å²) in [6.07, 6.45) is 0. The van der Waals surface area contributed by atoms with E-state index in [0.717, 1.165) is 0 Å². The molecule has 9 nitrogen and oxygen atoms in total. The summed E-state index contributed by atoms with van der Waals surface area (Å²) in [6, 6.07) is 9.24. The first-order chi connectivity index (χ1) is 14.4. The van der Waals surface area contributed by atoms with Gasteiger partial charge in [0.25, 0.3) is 5.69 Å². The minimum atomic E-state index is -0.723. The summed E-state index contributed by atoms with van der Waals surface area (Å²) >= 11 is 0. The summed E-state index contributed by atoms with van der Waals surface area (Å²) in [5, 5.41) is 11.7. The van der Waals surface area contributed by atoms with E-state index in [1.807, 2.05) is 0 Å². The fraction of sp³-hybridized carbons (Fsp3) is 0.238. The molecule has 9 heteroatoms. The number of carbonyl (C=O) groups excluding carboxylic acids is 2. The van der Waals surface area contributed by atoms with Gasteiger partial charge >= 0.3 is 5.97 Å². The highest BCUT2D eigenvalue weighted by Gasteiger charge is 2.27.